The molecule has 1 atom stereocenters. The summed E-state index contributed by atoms with van der Waals surface area (Å²) in [6.45, 7) is 7.86. The first-order chi connectivity index (χ1) is 13.1. The van der Waals surface area contributed by atoms with Gasteiger partial charge in [0, 0.05) is 12.0 Å². The second-order valence-electron chi connectivity index (χ2n) is 8.26. The minimum absolute atomic E-state index is 0.328. The standard InChI is InChI=1S/C23H27FO4/c1-13-11-15(28-10-9-23(3,4)27)12-14(2)20(13)16-7-8-19(24)21-17(16)5-6-18(21)22(25)26/h7-8,11-12,18,27H,5-6,9-10H2,1-4H3,(H,25,26)/t18-/m1/s1. The van der Waals surface area contributed by atoms with Crippen LogP contribution in [-0.4, -0.2) is 28.4 Å². The Morgan fingerprint density at radius 2 is 1.89 bits per heavy atom. The molecule has 0 saturated heterocycles. The second-order valence-corrected chi connectivity index (χ2v) is 8.26. The molecular formula is C23H27FO4. The number of carboxylic acids is 1. The molecule has 0 aliphatic heterocycles. The van der Waals surface area contributed by atoms with Gasteiger partial charge in [0.05, 0.1) is 18.1 Å². The summed E-state index contributed by atoms with van der Waals surface area (Å²) in [7, 11) is 0. The van der Waals surface area contributed by atoms with Gasteiger partial charge < -0.3 is 14.9 Å². The van der Waals surface area contributed by atoms with Crippen LogP contribution in [0.3, 0.4) is 0 Å². The van der Waals surface area contributed by atoms with E-state index in [-0.39, 0.29) is 0 Å². The Morgan fingerprint density at radius 1 is 1.25 bits per heavy atom. The quantitative estimate of drug-likeness (QED) is 0.751. The van der Waals surface area contributed by atoms with Crippen LogP contribution < -0.4 is 4.74 Å². The van der Waals surface area contributed by atoms with Crippen molar-refractivity contribution in [1.29, 1.82) is 0 Å². The fourth-order valence-corrected chi connectivity index (χ4v) is 4.05. The van der Waals surface area contributed by atoms with Crippen LogP contribution in [0.5, 0.6) is 5.75 Å². The van der Waals surface area contributed by atoms with Crippen molar-refractivity contribution in [3.05, 3.63) is 52.3 Å². The predicted octanol–water partition coefficient (Wildman–Crippen LogP) is 4.76. The number of halogens is 1. The lowest BCUT2D eigenvalue weighted by Gasteiger charge is -2.19. The molecule has 0 spiro atoms. The molecule has 0 fully saturated rings. The van der Waals surface area contributed by atoms with E-state index in [9.17, 15) is 19.4 Å². The first kappa shape index (κ1) is 20.3. The summed E-state index contributed by atoms with van der Waals surface area (Å²) in [6, 6.07) is 7.00. The molecule has 0 radical (unpaired) electrons. The summed E-state index contributed by atoms with van der Waals surface area (Å²) in [4.78, 5) is 11.5. The van der Waals surface area contributed by atoms with Crippen molar-refractivity contribution >= 4 is 5.97 Å². The van der Waals surface area contributed by atoms with Crippen molar-refractivity contribution in [1.82, 2.24) is 0 Å². The third-order valence-corrected chi connectivity index (χ3v) is 5.39. The van der Waals surface area contributed by atoms with Crippen LogP contribution in [0.2, 0.25) is 0 Å². The average Bonchev–Trinajstić information content (AvgIpc) is 3.01. The first-order valence-corrected chi connectivity index (χ1v) is 9.59. The summed E-state index contributed by atoms with van der Waals surface area (Å²) in [5, 5.41) is 19.2. The number of aryl methyl sites for hydroxylation is 2. The molecule has 0 unspecified atom stereocenters. The molecule has 1 aliphatic carbocycles. The molecule has 0 heterocycles. The number of hydrogen-bond donors (Lipinski definition) is 2. The van der Waals surface area contributed by atoms with Gasteiger partial charge in [-0.1, -0.05) is 6.07 Å². The van der Waals surface area contributed by atoms with Crippen molar-refractivity contribution in [3.8, 4) is 16.9 Å². The van der Waals surface area contributed by atoms with Gasteiger partial charge in [-0.2, -0.15) is 0 Å². The highest BCUT2D eigenvalue weighted by Crippen LogP contribution is 2.43. The van der Waals surface area contributed by atoms with Gasteiger partial charge in [0.1, 0.15) is 11.6 Å². The largest absolute Gasteiger partial charge is 0.493 e. The fraction of sp³-hybridized carbons (Fsp3) is 0.435. The molecule has 1 aliphatic rings. The number of fused-ring (bicyclic) bond motifs is 1. The average molecular weight is 386 g/mol. The highest BCUT2D eigenvalue weighted by Gasteiger charge is 2.33. The fourth-order valence-electron chi connectivity index (χ4n) is 4.05. The van der Waals surface area contributed by atoms with E-state index in [1.807, 2.05) is 26.0 Å². The molecule has 150 valence electrons. The number of hydrogen-bond acceptors (Lipinski definition) is 3. The third-order valence-electron chi connectivity index (χ3n) is 5.39. The number of aliphatic carboxylic acids is 1. The maximum atomic E-state index is 14.4. The number of aliphatic hydroxyl groups is 1. The highest BCUT2D eigenvalue weighted by molar-refractivity contribution is 5.82. The van der Waals surface area contributed by atoms with Crippen LogP contribution in [0.1, 0.15) is 54.9 Å². The van der Waals surface area contributed by atoms with Crippen molar-refractivity contribution in [2.24, 2.45) is 0 Å². The highest BCUT2D eigenvalue weighted by atomic mass is 19.1. The summed E-state index contributed by atoms with van der Waals surface area (Å²) >= 11 is 0. The molecule has 0 bridgehead atoms. The SMILES string of the molecule is Cc1cc(OCCC(C)(C)O)cc(C)c1-c1ccc(F)c2c1CC[C@H]2C(=O)O. The van der Waals surface area contributed by atoms with E-state index < -0.39 is 23.3 Å². The Morgan fingerprint density at radius 3 is 2.46 bits per heavy atom. The van der Waals surface area contributed by atoms with Crippen LogP contribution in [0.4, 0.5) is 4.39 Å². The van der Waals surface area contributed by atoms with E-state index in [2.05, 4.69) is 0 Å². The summed E-state index contributed by atoms with van der Waals surface area (Å²) < 4.78 is 20.2. The third kappa shape index (κ3) is 4.04. The van der Waals surface area contributed by atoms with E-state index in [1.54, 1.807) is 19.9 Å². The van der Waals surface area contributed by atoms with Crippen molar-refractivity contribution in [2.75, 3.05) is 6.61 Å². The predicted molar refractivity (Wildman–Crippen MR) is 106 cm³/mol. The summed E-state index contributed by atoms with van der Waals surface area (Å²) in [6.07, 6.45) is 1.51. The Balaban J connectivity index is 1.96. The van der Waals surface area contributed by atoms with Crippen molar-refractivity contribution < 1.29 is 24.1 Å². The summed E-state index contributed by atoms with van der Waals surface area (Å²) in [5.74, 6) is -1.46. The van der Waals surface area contributed by atoms with Crippen molar-refractivity contribution in [2.45, 2.75) is 58.5 Å². The van der Waals surface area contributed by atoms with Gasteiger partial charge in [-0.25, -0.2) is 4.39 Å². The molecule has 2 aromatic rings. The Kier molecular flexibility index (Phi) is 5.48. The monoisotopic (exact) mass is 386 g/mol. The molecule has 3 rings (SSSR count). The minimum Gasteiger partial charge on any atom is -0.493 e. The lowest BCUT2D eigenvalue weighted by atomic mass is 9.89. The van der Waals surface area contributed by atoms with Gasteiger partial charge >= 0.3 is 5.97 Å². The Bertz CT molecular complexity index is 889. The van der Waals surface area contributed by atoms with Gasteiger partial charge in [-0.15, -0.1) is 0 Å². The van der Waals surface area contributed by atoms with Gasteiger partial charge in [-0.05, 0) is 86.6 Å². The van der Waals surface area contributed by atoms with Gasteiger partial charge in [0.15, 0.2) is 0 Å². The molecule has 28 heavy (non-hydrogen) atoms. The Hall–Kier alpha value is -2.40. The lowest BCUT2D eigenvalue weighted by molar-refractivity contribution is -0.138. The van der Waals surface area contributed by atoms with Crippen LogP contribution in [0.25, 0.3) is 11.1 Å². The molecule has 0 saturated carbocycles. The van der Waals surface area contributed by atoms with Crippen LogP contribution in [0.15, 0.2) is 24.3 Å². The van der Waals surface area contributed by atoms with Gasteiger partial charge in [-0.3, -0.25) is 4.79 Å². The summed E-state index contributed by atoms with van der Waals surface area (Å²) in [5.41, 5.74) is 4.23. The van der Waals surface area contributed by atoms with E-state index in [0.29, 0.717) is 31.4 Å². The van der Waals surface area contributed by atoms with E-state index in [0.717, 1.165) is 33.6 Å². The second kappa shape index (κ2) is 7.55. The lowest BCUT2D eigenvalue weighted by Crippen LogP contribution is -2.21. The van der Waals surface area contributed by atoms with Crippen LogP contribution >= 0.6 is 0 Å². The number of benzene rings is 2. The molecule has 0 amide bonds. The smallest absolute Gasteiger partial charge is 0.311 e. The molecular weight excluding hydrogens is 359 g/mol. The van der Waals surface area contributed by atoms with Gasteiger partial charge in [0.25, 0.3) is 0 Å². The van der Waals surface area contributed by atoms with Crippen LogP contribution in [-0.2, 0) is 11.2 Å². The van der Waals surface area contributed by atoms with E-state index >= 15 is 0 Å². The molecule has 5 heteroatoms. The number of carboxylic acid groups (broad SMARTS) is 1. The zero-order valence-corrected chi connectivity index (χ0v) is 16.8. The number of carbonyl (C=O) groups is 1. The van der Waals surface area contributed by atoms with E-state index in [4.69, 9.17) is 4.74 Å². The van der Waals surface area contributed by atoms with Gasteiger partial charge in [0.2, 0.25) is 0 Å². The molecule has 4 nitrogen and oxygen atoms in total. The topological polar surface area (TPSA) is 66.8 Å². The minimum atomic E-state index is -0.973. The molecule has 0 aromatic heterocycles. The Labute approximate surface area is 165 Å². The first-order valence-electron chi connectivity index (χ1n) is 9.59. The van der Waals surface area contributed by atoms with E-state index in [1.165, 1.54) is 6.07 Å². The maximum absolute atomic E-state index is 14.4. The van der Waals surface area contributed by atoms with Crippen LogP contribution in [0, 0.1) is 19.7 Å². The molecule has 2 N–H and O–H groups in total. The number of rotatable bonds is 6. The normalized spacial score (nSPS) is 16.1. The zero-order valence-electron chi connectivity index (χ0n) is 16.8. The zero-order chi connectivity index (χ0) is 20.6. The maximum Gasteiger partial charge on any atom is 0.311 e. The van der Waals surface area contributed by atoms with Crippen molar-refractivity contribution in [3.63, 3.8) is 0 Å². The number of ether oxygens (including phenoxy) is 1. The molecule has 2 aromatic carbocycles.